The molecule has 10 heteroatoms. The van der Waals surface area contributed by atoms with Crippen molar-refractivity contribution in [1.82, 2.24) is 4.98 Å². The predicted molar refractivity (Wildman–Crippen MR) is 166 cm³/mol. The Hall–Kier alpha value is -5.35. The summed E-state index contributed by atoms with van der Waals surface area (Å²) in [5.41, 5.74) is 2.56. The highest BCUT2D eigenvalue weighted by molar-refractivity contribution is 7.22. The Balaban J connectivity index is 1.31. The summed E-state index contributed by atoms with van der Waals surface area (Å²) < 4.78 is 23.4. The molecule has 9 nitrogen and oxygen atoms in total. The Bertz CT molecular complexity index is 1920. The maximum atomic E-state index is 13.7. The van der Waals surface area contributed by atoms with Crippen LogP contribution >= 0.6 is 11.3 Å². The van der Waals surface area contributed by atoms with E-state index in [0.717, 1.165) is 10.3 Å². The van der Waals surface area contributed by atoms with E-state index in [0.29, 0.717) is 64.6 Å². The molecule has 4 aromatic carbocycles. The number of fused-ring (bicyclic) bond motifs is 2. The summed E-state index contributed by atoms with van der Waals surface area (Å²) >= 11 is 1.26. The second-order valence-electron chi connectivity index (χ2n) is 10.2. The van der Waals surface area contributed by atoms with Gasteiger partial charge in [-0.25, -0.2) is 4.98 Å². The van der Waals surface area contributed by atoms with Crippen LogP contribution in [0.15, 0.2) is 96.6 Å². The second-order valence-corrected chi connectivity index (χ2v) is 11.2. The highest BCUT2D eigenvalue weighted by Gasteiger charge is 2.48. The summed E-state index contributed by atoms with van der Waals surface area (Å²) in [5.74, 6) is 0.338. The molecule has 1 N–H and O–H groups in total. The van der Waals surface area contributed by atoms with Crippen LogP contribution in [-0.4, -0.2) is 42.1 Å². The molecule has 1 fully saturated rings. The maximum Gasteiger partial charge on any atom is 0.301 e. The molecule has 7 rings (SSSR count). The van der Waals surface area contributed by atoms with Crippen molar-refractivity contribution in [1.29, 1.82) is 0 Å². The summed E-state index contributed by atoms with van der Waals surface area (Å²) in [5, 5.41) is 11.9. The van der Waals surface area contributed by atoms with Crippen molar-refractivity contribution < 1.29 is 33.6 Å². The number of nitrogens with zero attached hydrogens (tertiary/aromatic N) is 2. The smallest absolute Gasteiger partial charge is 0.301 e. The lowest BCUT2D eigenvalue weighted by atomic mass is 9.95. The number of carbonyl (C=O) groups is 2. The average Bonchev–Trinajstić information content (AvgIpc) is 3.61. The van der Waals surface area contributed by atoms with Crippen LogP contribution in [0.4, 0.5) is 5.13 Å². The Kier molecular flexibility index (Phi) is 7.11. The average molecular weight is 607 g/mol. The molecule has 5 aromatic rings. The molecule has 1 saturated heterocycles. The third kappa shape index (κ3) is 4.99. The number of rotatable bonds is 7. The highest BCUT2D eigenvalue weighted by Crippen LogP contribution is 2.45. The molecule has 0 bridgehead atoms. The molecular formula is C34H26N2O7S. The minimum absolute atomic E-state index is 0.0542. The third-order valence-corrected chi connectivity index (χ3v) is 8.51. The third-order valence-electron chi connectivity index (χ3n) is 7.49. The molecule has 1 amide bonds. The number of aromatic nitrogens is 1. The number of ketones is 1. The molecule has 220 valence electrons. The summed E-state index contributed by atoms with van der Waals surface area (Å²) in [6.45, 7) is 1.17. The summed E-state index contributed by atoms with van der Waals surface area (Å²) in [7, 11) is 1.58. The molecule has 0 saturated carbocycles. The summed E-state index contributed by atoms with van der Waals surface area (Å²) in [4.78, 5) is 33.4. The fourth-order valence-electron chi connectivity index (χ4n) is 5.30. The number of hydrogen-bond donors (Lipinski definition) is 1. The molecular weight excluding hydrogens is 580 g/mol. The Morgan fingerprint density at radius 3 is 2.45 bits per heavy atom. The van der Waals surface area contributed by atoms with Crippen LogP contribution in [-0.2, 0) is 16.2 Å². The molecule has 3 heterocycles. The number of amides is 1. The number of benzene rings is 4. The number of anilines is 1. The van der Waals surface area contributed by atoms with Gasteiger partial charge < -0.3 is 24.1 Å². The fourth-order valence-corrected chi connectivity index (χ4v) is 6.32. The minimum Gasteiger partial charge on any atom is -0.507 e. The van der Waals surface area contributed by atoms with Crippen molar-refractivity contribution in [2.24, 2.45) is 0 Å². The second kappa shape index (κ2) is 11.4. The van der Waals surface area contributed by atoms with Crippen LogP contribution in [0.3, 0.4) is 0 Å². The number of Topliss-reactive ketones (excluding diaryl/α,β-unsaturated/α-hetero) is 1. The van der Waals surface area contributed by atoms with E-state index in [1.807, 2.05) is 36.4 Å². The lowest BCUT2D eigenvalue weighted by Crippen LogP contribution is -2.29. The number of hydrogen-bond acceptors (Lipinski definition) is 9. The zero-order valence-corrected chi connectivity index (χ0v) is 24.4. The number of methoxy groups -OCH3 is 1. The van der Waals surface area contributed by atoms with Gasteiger partial charge in [-0.1, -0.05) is 53.8 Å². The molecule has 0 unspecified atom stereocenters. The van der Waals surface area contributed by atoms with E-state index >= 15 is 0 Å². The Labute approximate surface area is 256 Å². The van der Waals surface area contributed by atoms with Crippen LogP contribution in [0.5, 0.6) is 23.0 Å². The summed E-state index contributed by atoms with van der Waals surface area (Å²) in [6.07, 6.45) is 0. The van der Waals surface area contributed by atoms with Gasteiger partial charge in [0.05, 0.1) is 28.9 Å². The molecule has 0 radical (unpaired) electrons. The lowest BCUT2D eigenvalue weighted by Gasteiger charge is -2.23. The zero-order chi connectivity index (χ0) is 30.2. The standard InChI is InChI=1S/C34H26N2O7S/c1-40-24-12-13-25-28(18-24)44-34(35-25)36-30(21-7-10-23(11-8-21)43-19-20-5-3-2-4-6-20)29(32(38)33(36)39)31(37)22-9-14-26-27(17-22)42-16-15-41-26/h2-14,17-18,30,37H,15-16,19H2,1H3/t30-/m0/s1. The van der Waals surface area contributed by atoms with Gasteiger partial charge in [0.2, 0.25) is 0 Å². The first kappa shape index (κ1) is 27.5. The first-order valence-electron chi connectivity index (χ1n) is 13.9. The van der Waals surface area contributed by atoms with Crippen LogP contribution in [0.2, 0.25) is 0 Å². The van der Waals surface area contributed by atoms with Gasteiger partial charge in [-0.2, -0.15) is 0 Å². The van der Waals surface area contributed by atoms with Crippen LogP contribution in [0.25, 0.3) is 16.0 Å². The number of aliphatic hydroxyl groups excluding tert-OH is 1. The molecule has 1 atom stereocenters. The van der Waals surface area contributed by atoms with E-state index in [-0.39, 0.29) is 11.3 Å². The molecule has 1 aromatic heterocycles. The SMILES string of the molecule is COc1ccc2nc(N3C(=O)C(=O)C(=C(O)c4ccc5c(c4)OCCO5)[C@@H]3c3ccc(OCc4ccccc4)cc3)sc2c1. The molecule has 2 aliphatic rings. The Morgan fingerprint density at radius 1 is 0.932 bits per heavy atom. The van der Waals surface area contributed by atoms with Crippen molar-refractivity contribution in [3.8, 4) is 23.0 Å². The molecule has 0 aliphatic carbocycles. The first-order valence-corrected chi connectivity index (χ1v) is 14.7. The van der Waals surface area contributed by atoms with Crippen LogP contribution in [0.1, 0.15) is 22.7 Å². The summed E-state index contributed by atoms with van der Waals surface area (Å²) in [6, 6.07) is 26.3. The van der Waals surface area contributed by atoms with E-state index in [9.17, 15) is 14.7 Å². The van der Waals surface area contributed by atoms with Crippen molar-refractivity contribution in [3.05, 3.63) is 113 Å². The van der Waals surface area contributed by atoms with Gasteiger partial charge in [-0.05, 0) is 59.7 Å². The van der Waals surface area contributed by atoms with Gasteiger partial charge >= 0.3 is 5.91 Å². The molecule has 44 heavy (non-hydrogen) atoms. The lowest BCUT2D eigenvalue weighted by molar-refractivity contribution is -0.132. The normalized spacial score (nSPS) is 17.2. The highest BCUT2D eigenvalue weighted by atomic mass is 32.1. The predicted octanol–water partition coefficient (Wildman–Crippen LogP) is 6.28. The van der Waals surface area contributed by atoms with Crippen LogP contribution < -0.4 is 23.8 Å². The van der Waals surface area contributed by atoms with Gasteiger partial charge in [0.25, 0.3) is 5.78 Å². The van der Waals surface area contributed by atoms with E-state index in [4.69, 9.17) is 18.9 Å². The number of ether oxygens (including phenoxy) is 4. The van der Waals surface area contributed by atoms with Gasteiger partial charge in [0.15, 0.2) is 16.6 Å². The minimum atomic E-state index is -0.950. The largest absolute Gasteiger partial charge is 0.507 e. The van der Waals surface area contributed by atoms with Crippen molar-refractivity contribution in [3.63, 3.8) is 0 Å². The maximum absolute atomic E-state index is 13.7. The topological polar surface area (TPSA) is 107 Å². The van der Waals surface area contributed by atoms with Crippen molar-refractivity contribution in [2.45, 2.75) is 12.6 Å². The number of carbonyl (C=O) groups excluding carboxylic acids is 2. The number of aliphatic hydroxyl groups is 1. The molecule has 0 spiro atoms. The Morgan fingerprint density at radius 2 is 1.68 bits per heavy atom. The van der Waals surface area contributed by atoms with Gasteiger partial charge in [0.1, 0.15) is 37.1 Å². The van der Waals surface area contributed by atoms with Gasteiger partial charge in [-0.3, -0.25) is 14.5 Å². The van der Waals surface area contributed by atoms with Gasteiger partial charge in [-0.15, -0.1) is 0 Å². The van der Waals surface area contributed by atoms with Gasteiger partial charge in [0, 0.05) is 5.56 Å². The number of thiazole rings is 1. The van der Waals surface area contributed by atoms with Crippen molar-refractivity contribution in [2.75, 3.05) is 25.2 Å². The monoisotopic (exact) mass is 606 g/mol. The zero-order valence-electron chi connectivity index (χ0n) is 23.6. The van der Waals surface area contributed by atoms with E-state index in [1.165, 1.54) is 16.2 Å². The van der Waals surface area contributed by atoms with Crippen LogP contribution in [0, 0.1) is 0 Å². The van der Waals surface area contributed by atoms with E-state index < -0.39 is 17.7 Å². The fraction of sp³-hybridized carbons (Fsp3) is 0.147. The van der Waals surface area contributed by atoms with Crippen molar-refractivity contribution >= 4 is 44.1 Å². The first-order chi connectivity index (χ1) is 21.5. The van der Waals surface area contributed by atoms with E-state index in [2.05, 4.69) is 4.98 Å². The van der Waals surface area contributed by atoms with E-state index in [1.54, 1.807) is 61.7 Å². The molecule has 2 aliphatic heterocycles. The quantitative estimate of drug-likeness (QED) is 0.131.